The Hall–Kier alpha value is -1.85. The Morgan fingerprint density at radius 1 is 1.39 bits per heavy atom. The molecule has 0 saturated carbocycles. The van der Waals surface area contributed by atoms with Crippen molar-refractivity contribution < 1.29 is 9.59 Å². The summed E-state index contributed by atoms with van der Waals surface area (Å²) < 4.78 is 0. The third-order valence-electron chi connectivity index (χ3n) is 3.43. The molecule has 98 valence electrons. The summed E-state index contributed by atoms with van der Waals surface area (Å²) in [6, 6.07) is -0.486. The Morgan fingerprint density at radius 2 is 2.11 bits per heavy atom. The number of likely N-dealkylation sites (tertiary alicyclic amines) is 1. The van der Waals surface area contributed by atoms with Crippen molar-refractivity contribution in [2.75, 3.05) is 6.54 Å². The lowest BCUT2D eigenvalue weighted by Crippen LogP contribution is -2.50. The molecule has 0 spiro atoms. The van der Waals surface area contributed by atoms with Crippen LogP contribution >= 0.6 is 0 Å². The molecule has 6 heteroatoms. The largest absolute Gasteiger partial charge is 0.368 e. The fourth-order valence-corrected chi connectivity index (χ4v) is 2.48. The van der Waals surface area contributed by atoms with Crippen LogP contribution in [0.3, 0.4) is 0 Å². The summed E-state index contributed by atoms with van der Waals surface area (Å²) in [5.74, 6) is -0.580. The summed E-state index contributed by atoms with van der Waals surface area (Å²) in [6.07, 6.45) is 2.49. The summed E-state index contributed by atoms with van der Waals surface area (Å²) in [4.78, 5) is 25.5. The van der Waals surface area contributed by atoms with Gasteiger partial charge in [-0.3, -0.25) is 14.7 Å². The van der Waals surface area contributed by atoms with Crippen molar-refractivity contribution in [3.63, 3.8) is 0 Å². The maximum Gasteiger partial charge on any atom is 0.258 e. The van der Waals surface area contributed by atoms with Gasteiger partial charge < -0.3 is 10.6 Å². The summed E-state index contributed by atoms with van der Waals surface area (Å²) in [6.45, 7) is 4.16. The molecule has 2 heterocycles. The van der Waals surface area contributed by atoms with Gasteiger partial charge in [0.1, 0.15) is 6.04 Å². The third kappa shape index (κ3) is 2.10. The second kappa shape index (κ2) is 4.80. The zero-order valence-electron chi connectivity index (χ0n) is 10.7. The van der Waals surface area contributed by atoms with Crippen molar-refractivity contribution in [3.8, 4) is 0 Å². The molecule has 1 aromatic rings. The number of carbonyl (C=O) groups is 2. The molecule has 1 aliphatic heterocycles. The number of hydrogen-bond acceptors (Lipinski definition) is 3. The number of nitrogens with zero attached hydrogens (tertiary/aromatic N) is 2. The molecule has 1 unspecified atom stereocenters. The average molecular weight is 250 g/mol. The molecule has 2 rings (SSSR count). The van der Waals surface area contributed by atoms with Gasteiger partial charge in [0, 0.05) is 12.2 Å². The first-order chi connectivity index (χ1) is 8.52. The van der Waals surface area contributed by atoms with Gasteiger partial charge in [-0.25, -0.2) is 0 Å². The van der Waals surface area contributed by atoms with E-state index in [1.165, 1.54) is 0 Å². The molecule has 1 fully saturated rings. The predicted octanol–water partition coefficient (Wildman–Crippen LogP) is 0.507. The fraction of sp³-hybridized carbons (Fsp3) is 0.583. The van der Waals surface area contributed by atoms with Gasteiger partial charge in [0.2, 0.25) is 5.91 Å². The maximum atomic E-state index is 12.5. The lowest BCUT2D eigenvalue weighted by Gasteiger charge is -2.33. The molecule has 3 N–H and O–H groups in total. The Kier molecular flexibility index (Phi) is 3.36. The number of amides is 2. The number of nitrogens with one attached hydrogen (secondary N) is 1. The molecule has 1 aromatic heterocycles. The summed E-state index contributed by atoms with van der Waals surface area (Å²) in [5.41, 5.74) is 7.31. The van der Waals surface area contributed by atoms with E-state index in [4.69, 9.17) is 5.73 Å². The molecule has 0 aromatic carbocycles. The van der Waals surface area contributed by atoms with E-state index < -0.39 is 11.9 Å². The highest BCUT2D eigenvalue weighted by atomic mass is 16.2. The highest BCUT2D eigenvalue weighted by molar-refractivity contribution is 5.99. The van der Waals surface area contributed by atoms with Crippen molar-refractivity contribution in [2.45, 2.75) is 39.2 Å². The van der Waals surface area contributed by atoms with Crippen LogP contribution in [-0.2, 0) is 4.79 Å². The smallest absolute Gasteiger partial charge is 0.258 e. The zero-order valence-corrected chi connectivity index (χ0v) is 10.7. The second-order valence-electron chi connectivity index (χ2n) is 4.72. The molecule has 0 aliphatic carbocycles. The maximum absolute atomic E-state index is 12.5. The number of aromatic amines is 1. The van der Waals surface area contributed by atoms with Crippen LogP contribution in [-0.4, -0.2) is 39.5 Å². The van der Waals surface area contributed by atoms with Crippen molar-refractivity contribution in [1.82, 2.24) is 15.1 Å². The van der Waals surface area contributed by atoms with E-state index in [9.17, 15) is 9.59 Å². The van der Waals surface area contributed by atoms with E-state index in [-0.39, 0.29) is 5.91 Å². The van der Waals surface area contributed by atoms with Crippen LogP contribution in [0.15, 0.2) is 0 Å². The molecule has 0 radical (unpaired) electrons. The molecule has 1 saturated heterocycles. The van der Waals surface area contributed by atoms with Crippen molar-refractivity contribution in [2.24, 2.45) is 5.73 Å². The van der Waals surface area contributed by atoms with Gasteiger partial charge in [-0.15, -0.1) is 0 Å². The molecule has 0 bridgehead atoms. The minimum Gasteiger partial charge on any atom is -0.368 e. The van der Waals surface area contributed by atoms with E-state index in [1.807, 2.05) is 0 Å². The molecule has 1 aliphatic rings. The number of carbonyl (C=O) groups excluding carboxylic acids is 2. The van der Waals surface area contributed by atoms with Crippen LogP contribution in [0.1, 0.15) is 41.0 Å². The average Bonchev–Trinajstić information content (AvgIpc) is 2.68. The Morgan fingerprint density at radius 3 is 2.67 bits per heavy atom. The van der Waals surface area contributed by atoms with Gasteiger partial charge in [-0.2, -0.15) is 5.10 Å². The van der Waals surface area contributed by atoms with E-state index in [0.29, 0.717) is 24.2 Å². The summed E-state index contributed by atoms with van der Waals surface area (Å²) in [5, 5.41) is 6.80. The minimum atomic E-state index is -0.486. The van der Waals surface area contributed by atoms with Gasteiger partial charge in [0.25, 0.3) is 5.91 Å². The standard InChI is InChI=1S/C12H18N4O2/c1-7-10(8(2)15-14-7)12(18)16-6-4-3-5-9(16)11(13)17/h9H,3-6H2,1-2H3,(H2,13,17)(H,14,15). The van der Waals surface area contributed by atoms with Gasteiger partial charge in [0.05, 0.1) is 11.3 Å². The van der Waals surface area contributed by atoms with Crippen LogP contribution in [0.4, 0.5) is 0 Å². The minimum absolute atomic E-state index is 0.151. The number of piperidine rings is 1. The number of H-pyrrole nitrogens is 1. The topological polar surface area (TPSA) is 92.1 Å². The highest BCUT2D eigenvalue weighted by Crippen LogP contribution is 2.21. The Labute approximate surface area is 106 Å². The Bertz CT molecular complexity index is 461. The summed E-state index contributed by atoms with van der Waals surface area (Å²) in [7, 11) is 0. The molecule has 6 nitrogen and oxygen atoms in total. The van der Waals surface area contributed by atoms with E-state index in [0.717, 1.165) is 18.5 Å². The number of primary amides is 1. The van der Waals surface area contributed by atoms with Gasteiger partial charge in [0.15, 0.2) is 0 Å². The fourth-order valence-electron chi connectivity index (χ4n) is 2.48. The van der Waals surface area contributed by atoms with Crippen molar-refractivity contribution in [3.05, 3.63) is 17.0 Å². The van der Waals surface area contributed by atoms with Crippen molar-refractivity contribution in [1.29, 1.82) is 0 Å². The first-order valence-corrected chi connectivity index (χ1v) is 6.14. The lowest BCUT2D eigenvalue weighted by molar-refractivity contribution is -0.123. The van der Waals surface area contributed by atoms with E-state index in [1.54, 1.807) is 18.7 Å². The second-order valence-corrected chi connectivity index (χ2v) is 4.72. The quantitative estimate of drug-likeness (QED) is 0.800. The molecular weight excluding hydrogens is 232 g/mol. The predicted molar refractivity (Wildman–Crippen MR) is 65.9 cm³/mol. The number of nitrogens with two attached hydrogens (primary N) is 1. The van der Waals surface area contributed by atoms with Crippen LogP contribution < -0.4 is 5.73 Å². The normalized spacial score (nSPS) is 19.9. The first kappa shape index (κ1) is 12.6. The zero-order chi connectivity index (χ0) is 13.3. The van der Waals surface area contributed by atoms with Crippen LogP contribution in [0.5, 0.6) is 0 Å². The van der Waals surface area contributed by atoms with Crippen LogP contribution in [0.25, 0.3) is 0 Å². The Balaban J connectivity index is 2.29. The number of rotatable bonds is 2. The molecule has 18 heavy (non-hydrogen) atoms. The van der Waals surface area contributed by atoms with Gasteiger partial charge in [-0.05, 0) is 33.1 Å². The van der Waals surface area contributed by atoms with E-state index >= 15 is 0 Å². The summed E-state index contributed by atoms with van der Waals surface area (Å²) >= 11 is 0. The number of aromatic nitrogens is 2. The van der Waals surface area contributed by atoms with Gasteiger partial charge >= 0.3 is 0 Å². The number of hydrogen-bond donors (Lipinski definition) is 2. The van der Waals surface area contributed by atoms with Gasteiger partial charge in [-0.1, -0.05) is 0 Å². The molecule has 1 atom stereocenters. The number of aryl methyl sites for hydroxylation is 2. The van der Waals surface area contributed by atoms with E-state index in [2.05, 4.69) is 10.2 Å². The molecule has 2 amide bonds. The van der Waals surface area contributed by atoms with Crippen molar-refractivity contribution >= 4 is 11.8 Å². The lowest BCUT2D eigenvalue weighted by atomic mass is 10.00. The highest BCUT2D eigenvalue weighted by Gasteiger charge is 2.33. The third-order valence-corrected chi connectivity index (χ3v) is 3.43. The van der Waals surface area contributed by atoms with Crippen LogP contribution in [0.2, 0.25) is 0 Å². The van der Waals surface area contributed by atoms with Crippen LogP contribution in [0, 0.1) is 13.8 Å². The monoisotopic (exact) mass is 250 g/mol. The molecular formula is C12H18N4O2. The first-order valence-electron chi connectivity index (χ1n) is 6.14. The SMILES string of the molecule is Cc1n[nH]c(C)c1C(=O)N1CCCCC1C(N)=O.